The lowest BCUT2D eigenvalue weighted by Crippen LogP contribution is -2.06. The summed E-state index contributed by atoms with van der Waals surface area (Å²) in [4.78, 5) is 10.0. The van der Waals surface area contributed by atoms with Gasteiger partial charge in [0, 0.05) is 11.8 Å². The highest BCUT2D eigenvalue weighted by Gasteiger charge is 1.98. The van der Waals surface area contributed by atoms with Gasteiger partial charge in [-0.05, 0) is 26.0 Å². The molecule has 3 nitrogen and oxygen atoms in total. The molecule has 0 bridgehead atoms. The van der Waals surface area contributed by atoms with Gasteiger partial charge >= 0.3 is 0 Å². The zero-order chi connectivity index (χ0) is 10.4. The quantitative estimate of drug-likeness (QED) is 0.775. The standard InChI is InChI=1S/C11H14NO2/c1-9(2)14-11-5-3-4-10(8-11)12-6-7-13/h3-5,8-9,12H,6H2,1-2H3. The fourth-order valence-corrected chi connectivity index (χ4v) is 1.09. The van der Waals surface area contributed by atoms with Gasteiger partial charge in [0.15, 0.2) is 0 Å². The highest BCUT2D eigenvalue weighted by atomic mass is 16.5. The molecule has 0 aliphatic carbocycles. The normalized spacial score (nSPS) is 9.93. The third kappa shape index (κ3) is 3.47. The largest absolute Gasteiger partial charge is 0.491 e. The maximum atomic E-state index is 10.0. The Morgan fingerprint density at radius 1 is 1.50 bits per heavy atom. The number of carbonyl (C=O) groups excluding carboxylic acids is 1. The molecule has 0 saturated carbocycles. The lowest BCUT2D eigenvalue weighted by atomic mass is 10.3. The van der Waals surface area contributed by atoms with Crippen molar-refractivity contribution in [3.8, 4) is 5.75 Å². The van der Waals surface area contributed by atoms with Gasteiger partial charge in [-0.25, -0.2) is 0 Å². The van der Waals surface area contributed by atoms with Gasteiger partial charge in [-0.3, -0.25) is 4.79 Å². The minimum atomic E-state index is 0.155. The van der Waals surface area contributed by atoms with E-state index in [9.17, 15) is 4.79 Å². The van der Waals surface area contributed by atoms with Crippen molar-refractivity contribution in [2.24, 2.45) is 0 Å². The lowest BCUT2D eigenvalue weighted by Gasteiger charge is -2.10. The molecule has 0 saturated heterocycles. The molecule has 0 fully saturated rings. The maximum Gasteiger partial charge on any atom is 0.219 e. The molecule has 0 spiro atoms. The Morgan fingerprint density at radius 3 is 2.93 bits per heavy atom. The summed E-state index contributed by atoms with van der Waals surface area (Å²) < 4.78 is 5.50. The van der Waals surface area contributed by atoms with E-state index >= 15 is 0 Å². The van der Waals surface area contributed by atoms with E-state index in [-0.39, 0.29) is 12.6 Å². The summed E-state index contributed by atoms with van der Waals surface area (Å²) in [6.07, 6.45) is 1.93. The van der Waals surface area contributed by atoms with E-state index in [1.54, 1.807) is 6.29 Å². The summed E-state index contributed by atoms with van der Waals surface area (Å²) in [6, 6.07) is 7.50. The van der Waals surface area contributed by atoms with Crippen molar-refractivity contribution in [1.29, 1.82) is 0 Å². The minimum absolute atomic E-state index is 0.155. The van der Waals surface area contributed by atoms with Crippen molar-refractivity contribution < 1.29 is 9.53 Å². The first kappa shape index (κ1) is 10.6. The molecule has 0 unspecified atom stereocenters. The summed E-state index contributed by atoms with van der Waals surface area (Å²) in [5.41, 5.74) is 0.867. The molecule has 0 amide bonds. The van der Waals surface area contributed by atoms with Gasteiger partial charge in [0.05, 0.1) is 12.6 Å². The van der Waals surface area contributed by atoms with E-state index in [1.165, 1.54) is 0 Å². The Kier molecular flexibility index (Phi) is 3.98. The molecular formula is C11H14NO2. The molecule has 14 heavy (non-hydrogen) atoms. The lowest BCUT2D eigenvalue weighted by molar-refractivity contribution is 0.242. The molecule has 1 aromatic carbocycles. The van der Waals surface area contributed by atoms with Crippen LogP contribution in [-0.2, 0) is 4.79 Å². The molecule has 1 aromatic rings. The molecular weight excluding hydrogens is 178 g/mol. The SMILES string of the molecule is CC(C)Oc1cccc(NC[C]=O)c1. The van der Waals surface area contributed by atoms with Crippen LogP contribution >= 0.6 is 0 Å². The molecule has 0 aliphatic rings. The van der Waals surface area contributed by atoms with E-state index in [4.69, 9.17) is 4.74 Å². The van der Waals surface area contributed by atoms with Crippen molar-refractivity contribution in [2.45, 2.75) is 20.0 Å². The molecule has 0 atom stereocenters. The van der Waals surface area contributed by atoms with Crippen LogP contribution in [0.5, 0.6) is 5.75 Å². The number of hydrogen-bond acceptors (Lipinski definition) is 3. The molecule has 3 heteroatoms. The molecule has 1 radical (unpaired) electrons. The first-order chi connectivity index (χ1) is 6.72. The van der Waals surface area contributed by atoms with Gasteiger partial charge in [0.25, 0.3) is 0 Å². The molecule has 0 aromatic heterocycles. The van der Waals surface area contributed by atoms with Gasteiger partial charge in [-0.1, -0.05) is 6.07 Å². The summed E-state index contributed by atoms with van der Waals surface area (Å²) in [5.74, 6) is 0.802. The van der Waals surface area contributed by atoms with Crippen LogP contribution in [0.4, 0.5) is 5.69 Å². The predicted octanol–water partition coefficient (Wildman–Crippen LogP) is 2.00. The van der Waals surface area contributed by atoms with Gasteiger partial charge in [0.1, 0.15) is 5.75 Å². The highest BCUT2D eigenvalue weighted by molar-refractivity contribution is 5.60. The van der Waals surface area contributed by atoms with Crippen LogP contribution < -0.4 is 10.1 Å². The van der Waals surface area contributed by atoms with Crippen LogP contribution in [-0.4, -0.2) is 18.9 Å². The molecule has 1 rings (SSSR count). The Bertz CT molecular complexity index is 297. The summed E-state index contributed by atoms with van der Waals surface area (Å²) >= 11 is 0. The third-order valence-corrected chi connectivity index (χ3v) is 1.57. The first-order valence-electron chi connectivity index (χ1n) is 4.58. The summed E-state index contributed by atoms with van der Waals surface area (Å²) in [5, 5.41) is 2.90. The van der Waals surface area contributed by atoms with Crippen LogP contribution in [0.3, 0.4) is 0 Å². The van der Waals surface area contributed by atoms with Crippen molar-refractivity contribution in [3.05, 3.63) is 24.3 Å². The van der Waals surface area contributed by atoms with Crippen molar-refractivity contribution in [2.75, 3.05) is 11.9 Å². The van der Waals surface area contributed by atoms with Gasteiger partial charge in [-0.15, -0.1) is 0 Å². The average Bonchev–Trinajstić information content (AvgIpc) is 2.14. The molecule has 75 valence electrons. The number of benzene rings is 1. The predicted molar refractivity (Wildman–Crippen MR) is 56.4 cm³/mol. The van der Waals surface area contributed by atoms with Crippen LogP contribution in [0, 0.1) is 0 Å². The molecule has 0 heterocycles. The second-order valence-electron chi connectivity index (χ2n) is 3.19. The van der Waals surface area contributed by atoms with E-state index < -0.39 is 0 Å². The second-order valence-corrected chi connectivity index (χ2v) is 3.19. The van der Waals surface area contributed by atoms with Crippen molar-refractivity contribution in [1.82, 2.24) is 0 Å². The van der Waals surface area contributed by atoms with Crippen molar-refractivity contribution in [3.63, 3.8) is 0 Å². The van der Waals surface area contributed by atoms with Gasteiger partial charge in [-0.2, -0.15) is 0 Å². The van der Waals surface area contributed by atoms with Crippen LogP contribution in [0.2, 0.25) is 0 Å². The topological polar surface area (TPSA) is 38.3 Å². The van der Waals surface area contributed by atoms with Crippen LogP contribution in [0.15, 0.2) is 24.3 Å². The first-order valence-corrected chi connectivity index (χ1v) is 4.58. The Morgan fingerprint density at radius 2 is 2.29 bits per heavy atom. The molecule has 0 aliphatic heterocycles. The number of nitrogens with one attached hydrogen (secondary N) is 1. The highest BCUT2D eigenvalue weighted by Crippen LogP contribution is 2.17. The Balaban J connectivity index is 2.63. The number of ether oxygens (including phenoxy) is 1. The summed E-state index contributed by atoms with van der Waals surface area (Å²) in [7, 11) is 0. The van der Waals surface area contributed by atoms with E-state index in [1.807, 2.05) is 38.1 Å². The number of rotatable bonds is 5. The zero-order valence-electron chi connectivity index (χ0n) is 8.41. The fourth-order valence-electron chi connectivity index (χ4n) is 1.09. The average molecular weight is 192 g/mol. The Hall–Kier alpha value is -1.51. The van der Waals surface area contributed by atoms with E-state index in [0.717, 1.165) is 11.4 Å². The maximum absolute atomic E-state index is 10.0. The van der Waals surface area contributed by atoms with Gasteiger partial charge in [0.2, 0.25) is 6.29 Å². The third-order valence-electron chi connectivity index (χ3n) is 1.57. The smallest absolute Gasteiger partial charge is 0.219 e. The number of hydrogen-bond donors (Lipinski definition) is 1. The molecule has 1 N–H and O–H groups in total. The fraction of sp³-hybridized carbons (Fsp3) is 0.364. The van der Waals surface area contributed by atoms with Crippen LogP contribution in [0.1, 0.15) is 13.8 Å². The second kappa shape index (κ2) is 5.27. The van der Waals surface area contributed by atoms with E-state index in [2.05, 4.69) is 5.32 Å². The minimum Gasteiger partial charge on any atom is -0.491 e. The summed E-state index contributed by atoms with van der Waals surface area (Å²) in [6.45, 7) is 4.14. The Labute approximate surface area is 84.1 Å². The monoisotopic (exact) mass is 192 g/mol. The number of anilines is 1. The van der Waals surface area contributed by atoms with Crippen LogP contribution in [0.25, 0.3) is 0 Å². The zero-order valence-corrected chi connectivity index (χ0v) is 8.41. The van der Waals surface area contributed by atoms with E-state index in [0.29, 0.717) is 0 Å². The van der Waals surface area contributed by atoms with Gasteiger partial charge < -0.3 is 10.1 Å². The van der Waals surface area contributed by atoms with Crippen molar-refractivity contribution >= 4 is 12.0 Å².